The van der Waals surface area contributed by atoms with Crippen molar-refractivity contribution >= 4 is 21.9 Å². The van der Waals surface area contributed by atoms with Gasteiger partial charge in [-0.25, -0.2) is 0 Å². The van der Waals surface area contributed by atoms with Gasteiger partial charge in [-0.2, -0.15) is 0 Å². The SMILES string of the molecule is Cc1ccc2c(c1)oc1cccc(C(C)C)c12. The fourth-order valence-electron chi connectivity index (χ4n) is 2.44. The van der Waals surface area contributed by atoms with Crippen molar-refractivity contribution in [3.05, 3.63) is 47.5 Å². The number of hydrogen-bond acceptors (Lipinski definition) is 1. The van der Waals surface area contributed by atoms with Crippen LogP contribution in [0, 0.1) is 6.92 Å². The zero-order chi connectivity index (χ0) is 12.0. The van der Waals surface area contributed by atoms with Crippen LogP contribution in [0.2, 0.25) is 0 Å². The molecule has 0 unspecified atom stereocenters. The lowest BCUT2D eigenvalue weighted by molar-refractivity contribution is 0.668. The number of rotatable bonds is 1. The van der Waals surface area contributed by atoms with E-state index in [4.69, 9.17) is 4.42 Å². The molecule has 0 bridgehead atoms. The third kappa shape index (κ3) is 1.54. The van der Waals surface area contributed by atoms with Gasteiger partial charge in [0.25, 0.3) is 0 Å². The van der Waals surface area contributed by atoms with E-state index < -0.39 is 0 Å². The maximum absolute atomic E-state index is 5.92. The number of benzene rings is 2. The second-order valence-corrected chi connectivity index (χ2v) is 4.98. The molecule has 1 nitrogen and oxygen atoms in total. The van der Waals surface area contributed by atoms with Crippen molar-refractivity contribution in [3.8, 4) is 0 Å². The summed E-state index contributed by atoms with van der Waals surface area (Å²) in [6.07, 6.45) is 0. The number of fused-ring (bicyclic) bond motifs is 3. The summed E-state index contributed by atoms with van der Waals surface area (Å²) < 4.78 is 5.92. The molecule has 0 N–H and O–H groups in total. The van der Waals surface area contributed by atoms with Crippen molar-refractivity contribution in [2.75, 3.05) is 0 Å². The van der Waals surface area contributed by atoms with Gasteiger partial charge in [0.15, 0.2) is 0 Å². The Labute approximate surface area is 101 Å². The Morgan fingerprint density at radius 2 is 1.82 bits per heavy atom. The van der Waals surface area contributed by atoms with E-state index in [2.05, 4.69) is 57.2 Å². The van der Waals surface area contributed by atoms with Gasteiger partial charge >= 0.3 is 0 Å². The first kappa shape index (κ1) is 10.4. The second-order valence-electron chi connectivity index (χ2n) is 4.98. The van der Waals surface area contributed by atoms with Crippen LogP contribution >= 0.6 is 0 Å². The Morgan fingerprint density at radius 1 is 1.00 bits per heavy atom. The summed E-state index contributed by atoms with van der Waals surface area (Å²) in [5, 5.41) is 2.51. The second kappa shape index (κ2) is 3.63. The van der Waals surface area contributed by atoms with E-state index in [9.17, 15) is 0 Å². The highest BCUT2D eigenvalue weighted by atomic mass is 16.3. The summed E-state index contributed by atoms with van der Waals surface area (Å²) in [6.45, 7) is 6.54. The number of furan rings is 1. The van der Waals surface area contributed by atoms with Crippen LogP contribution in [0.15, 0.2) is 40.8 Å². The quantitative estimate of drug-likeness (QED) is 0.565. The average Bonchev–Trinajstić information content (AvgIpc) is 2.65. The molecule has 0 aliphatic heterocycles. The third-order valence-corrected chi connectivity index (χ3v) is 3.31. The summed E-state index contributed by atoms with van der Waals surface area (Å²) in [6, 6.07) is 12.8. The van der Waals surface area contributed by atoms with E-state index in [1.165, 1.54) is 21.9 Å². The average molecular weight is 224 g/mol. The minimum absolute atomic E-state index is 0.515. The van der Waals surface area contributed by atoms with Gasteiger partial charge in [-0.05, 0) is 36.1 Å². The van der Waals surface area contributed by atoms with Crippen LogP contribution in [0.1, 0.15) is 30.9 Å². The molecule has 0 aliphatic rings. The number of aryl methyl sites for hydroxylation is 1. The van der Waals surface area contributed by atoms with Crippen molar-refractivity contribution in [2.45, 2.75) is 26.7 Å². The van der Waals surface area contributed by atoms with Crippen molar-refractivity contribution in [1.82, 2.24) is 0 Å². The summed E-state index contributed by atoms with van der Waals surface area (Å²) in [4.78, 5) is 0. The maximum atomic E-state index is 5.92. The highest BCUT2D eigenvalue weighted by Crippen LogP contribution is 2.34. The van der Waals surface area contributed by atoms with Gasteiger partial charge in [-0.3, -0.25) is 0 Å². The normalized spacial score (nSPS) is 11.8. The smallest absolute Gasteiger partial charge is 0.135 e. The molecule has 0 aliphatic carbocycles. The molecule has 86 valence electrons. The molecule has 0 radical (unpaired) electrons. The molecule has 1 heteroatoms. The molecule has 2 aromatic carbocycles. The third-order valence-electron chi connectivity index (χ3n) is 3.31. The van der Waals surface area contributed by atoms with Gasteiger partial charge in [0.2, 0.25) is 0 Å². The molecule has 17 heavy (non-hydrogen) atoms. The summed E-state index contributed by atoms with van der Waals surface area (Å²) in [7, 11) is 0. The Bertz CT molecular complexity index is 689. The zero-order valence-corrected chi connectivity index (χ0v) is 10.4. The fourth-order valence-corrected chi connectivity index (χ4v) is 2.44. The monoisotopic (exact) mass is 224 g/mol. The lowest BCUT2D eigenvalue weighted by Crippen LogP contribution is -1.87. The predicted molar refractivity (Wildman–Crippen MR) is 72.5 cm³/mol. The first-order valence-corrected chi connectivity index (χ1v) is 6.08. The fraction of sp³-hybridized carbons (Fsp3) is 0.250. The number of hydrogen-bond donors (Lipinski definition) is 0. The van der Waals surface area contributed by atoms with E-state index in [0.717, 1.165) is 11.2 Å². The Kier molecular flexibility index (Phi) is 2.22. The van der Waals surface area contributed by atoms with Crippen molar-refractivity contribution in [1.29, 1.82) is 0 Å². The van der Waals surface area contributed by atoms with Gasteiger partial charge in [0.1, 0.15) is 11.2 Å². The van der Waals surface area contributed by atoms with Crippen LogP contribution in [-0.4, -0.2) is 0 Å². The molecule has 1 heterocycles. The van der Waals surface area contributed by atoms with Crippen LogP contribution in [0.3, 0.4) is 0 Å². The Morgan fingerprint density at radius 3 is 2.59 bits per heavy atom. The zero-order valence-electron chi connectivity index (χ0n) is 10.4. The van der Waals surface area contributed by atoms with E-state index >= 15 is 0 Å². The van der Waals surface area contributed by atoms with Gasteiger partial charge < -0.3 is 4.42 Å². The Balaban J connectivity index is 2.49. The molecule has 0 spiro atoms. The standard InChI is InChI=1S/C16H16O/c1-10(2)12-5-4-6-14-16(12)13-8-7-11(3)9-15(13)17-14/h4-10H,1-3H3. The van der Waals surface area contributed by atoms with E-state index in [1.54, 1.807) is 0 Å². The maximum Gasteiger partial charge on any atom is 0.135 e. The van der Waals surface area contributed by atoms with Gasteiger partial charge in [-0.1, -0.05) is 38.1 Å². The van der Waals surface area contributed by atoms with Crippen LogP contribution in [0.5, 0.6) is 0 Å². The lowest BCUT2D eigenvalue weighted by atomic mass is 9.97. The van der Waals surface area contributed by atoms with E-state index in [0.29, 0.717) is 5.92 Å². The van der Waals surface area contributed by atoms with E-state index in [-0.39, 0.29) is 0 Å². The molecule has 3 aromatic rings. The molecule has 0 amide bonds. The topological polar surface area (TPSA) is 13.1 Å². The van der Waals surface area contributed by atoms with Crippen LogP contribution in [0.25, 0.3) is 21.9 Å². The van der Waals surface area contributed by atoms with Crippen molar-refractivity contribution < 1.29 is 4.42 Å². The molecule has 0 fully saturated rings. The van der Waals surface area contributed by atoms with E-state index in [1.807, 2.05) is 0 Å². The highest BCUT2D eigenvalue weighted by molar-refractivity contribution is 6.07. The molecule has 3 rings (SSSR count). The molecule has 1 aromatic heterocycles. The summed E-state index contributed by atoms with van der Waals surface area (Å²) in [5.74, 6) is 0.515. The molecule has 0 saturated heterocycles. The van der Waals surface area contributed by atoms with Crippen LogP contribution < -0.4 is 0 Å². The molecule has 0 saturated carbocycles. The van der Waals surface area contributed by atoms with Crippen molar-refractivity contribution in [2.24, 2.45) is 0 Å². The Hall–Kier alpha value is -1.76. The predicted octanol–water partition coefficient (Wildman–Crippen LogP) is 5.02. The molecular formula is C16H16O. The minimum Gasteiger partial charge on any atom is -0.456 e. The van der Waals surface area contributed by atoms with Crippen molar-refractivity contribution in [3.63, 3.8) is 0 Å². The lowest BCUT2D eigenvalue weighted by Gasteiger charge is -2.06. The molecular weight excluding hydrogens is 208 g/mol. The summed E-state index contributed by atoms with van der Waals surface area (Å²) in [5.41, 5.74) is 4.60. The first-order chi connectivity index (χ1) is 8.16. The summed E-state index contributed by atoms with van der Waals surface area (Å²) >= 11 is 0. The minimum atomic E-state index is 0.515. The largest absolute Gasteiger partial charge is 0.456 e. The first-order valence-electron chi connectivity index (χ1n) is 6.08. The van der Waals surface area contributed by atoms with Gasteiger partial charge in [0, 0.05) is 10.8 Å². The van der Waals surface area contributed by atoms with Crippen LogP contribution in [0.4, 0.5) is 0 Å². The van der Waals surface area contributed by atoms with Gasteiger partial charge in [0.05, 0.1) is 0 Å². The molecule has 0 atom stereocenters. The van der Waals surface area contributed by atoms with Gasteiger partial charge in [-0.15, -0.1) is 0 Å². The van der Waals surface area contributed by atoms with Crippen LogP contribution in [-0.2, 0) is 0 Å². The highest BCUT2D eigenvalue weighted by Gasteiger charge is 2.12.